The highest BCUT2D eigenvalue weighted by molar-refractivity contribution is 7.93. The summed E-state index contributed by atoms with van der Waals surface area (Å²) in [5.41, 5.74) is 3.35. The normalized spacial score (nSPS) is 13.8. The molecule has 9 heteroatoms. The molecule has 0 aliphatic carbocycles. The Morgan fingerprint density at radius 2 is 2.08 bits per heavy atom. The lowest BCUT2D eigenvalue weighted by atomic mass is 10.1. The van der Waals surface area contributed by atoms with E-state index in [-0.39, 0.29) is 9.77 Å². The van der Waals surface area contributed by atoms with Crippen LogP contribution in [0.3, 0.4) is 0 Å². The molecular formula is C17H14N2O4S3. The van der Waals surface area contributed by atoms with Crippen LogP contribution in [0.15, 0.2) is 39.9 Å². The van der Waals surface area contributed by atoms with E-state index >= 15 is 0 Å². The zero-order chi connectivity index (χ0) is 18.5. The molecule has 0 saturated heterocycles. The predicted molar refractivity (Wildman–Crippen MR) is 102 cm³/mol. The van der Waals surface area contributed by atoms with Crippen LogP contribution in [0.2, 0.25) is 0 Å². The minimum atomic E-state index is -3.91. The number of carbonyl (C=O) groups is 1. The minimum absolute atomic E-state index is 0.151. The van der Waals surface area contributed by atoms with Gasteiger partial charge in [-0.15, -0.1) is 22.7 Å². The van der Waals surface area contributed by atoms with Crippen molar-refractivity contribution in [2.24, 2.45) is 0 Å². The number of hydrogen-bond acceptors (Lipinski definition) is 6. The summed E-state index contributed by atoms with van der Waals surface area (Å²) in [5, 5.41) is 13.7. The van der Waals surface area contributed by atoms with E-state index in [0.29, 0.717) is 18.7 Å². The van der Waals surface area contributed by atoms with E-state index in [2.05, 4.69) is 4.98 Å². The molecular weight excluding hydrogens is 392 g/mol. The van der Waals surface area contributed by atoms with Crippen molar-refractivity contribution in [3.05, 3.63) is 50.5 Å². The zero-order valence-corrected chi connectivity index (χ0v) is 16.1. The van der Waals surface area contributed by atoms with Crippen LogP contribution in [0.1, 0.15) is 20.2 Å². The van der Waals surface area contributed by atoms with Crippen LogP contribution in [0, 0.1) is 6.92 Å². The number of carboxylic acid groups (broad SMARTS) is 1. The highest BCUT2D eigenvalue weighted by atomic mass is 32.2. The van der Waals surface area contributed by atoms with E-state index in [1.807, 2.05) is 24.4 Å². The molecule has 0 atom stereocenters. The number of thiophene rings is 1. The zero-order valence-electron chi connectivity index (χ0n) is 13.7. The van der Waals surface area contributed by atoms with E-state index in [4.69, 9.17) is 0 Å². The van der Waals surface area contributed by atoms with Crippen LogP contribution in [0.5, 0.6) is 0 Å². The number of aryl methyl sites for hydroxylation is 1. The van der Waals surface area contributed by atoms with Crippen LogP contribution in [-0.4, -0.2) is 31.0 Å². The summed E-state index contributed by atoms with van der Waals surface area (Å²) in [6.07, 6.45) is 0.581. The van der Waals surface area contributed by atoms with Gasteiger partial charge in [-0.05, 0) is 42.5 Å². The Kier molecular flexibility index (Phi) is 4.09. The molecule has 0 saturated carbocycles. The fourth-order valence-corrected chi connectivity index (χ4v) is 6.41. The second kappa shape index (κ2) is 6.19. The fraction of sp³-hybridized carbons (Fsp3) is 0.176. The topological polar surface area (TPSA) is 87.6 Å². The van der Waals surface area contributed by atoms with Crippen molar-refractivity contribution in [2.45, 2.75) is 18.2 Å². The SMILES string of the molecule is Cc1nc(-c2ccc3c(c2)CCN3S(=O)(=O)c2ccsc2C(=O)O)cs1. The van der Waals surface area contributed by atoms with E-state index < -0.39 is 16.0 Å². The molecule has 1 N–H and O–H groups in total. The number of aromatic nitrogens is 1. The molecule has 134 valence electrons. The van der Waals surface area contributed by atoms with Gasteiger partial charge in [0.05, 0.1) is 16.4 Å². The Morgan fingerprint density at radius 3 is 2.77 bits per heavy atom. The van der Waals surface area contributed by atoms with E-state index in [1.54, 1.807) is 17.4 Å². The number of hydrogen-bond donors (Lipinski definition) is 1. The van der Waals surface area contributed by atoms with E-state index in [0.717, 1.165) is 33.2 Å². The first kappa shape index (κ1) is 17.2. The Bertz CT molecular complexity index is 1110. The second-order valence-corrected chi connectivity index (χ2v) is 9.65. The van der Waals surface area contributed by atoms with Crippen molar-refractivity contribution >= 4 is 44.4 Å². The average molecular weight is 407 g/mol. The summed E-state index contributed by atoms with van der Waals surface area (Å²) in [6.45, 7) is 2.24. The van der Waals surface area contributed by atoms with Gasteiger partial charge in [0.15, 0.2) is 0 Å². The Labute approximate surface area is 158 Å². The van der Waals surface area contributed by atoms with Gasteiger partial charge in [-0.3, -0.25) is 4.31 Å². The third-order valence-electron chi connectivity index (χ3n) is 4.24. The van der Waals surface area contributed by atoms with Gasteiger partial charge in [0.1, 0.15) is 9.77 Å². The molecule has 0 fully saturated rings. The molecule has 0 amide bonds. The molecule has 0 spiro atoms. The predicted octanol–water partition coefficient (Wildman–Crippen LogP) is 3.63. The number of aromatic carboxylic acids is 1. The molecule has 0 bridgehead atoms. The van der Waals surface area contributed by atoms with Gasteiger partial charge in [-0.2, -0.15) is 0 Å². The first-order valence-electron chi connectivity index (χ1n) is 7.77. The number of fused-ring (bicyclic) bond motifs is 1. The van der Waals surface area contributed by atoms with Crippen molar-refractivity contribution in [3.63, 3.8) is 0 Å². The van der Waals surface area contributed by atoms with Gasteiger partial charge in [-0.25, -0.2) is 18.2 Å². The summed E-state index contributed by atoms with van der Waals surface area (Å²) in [4.78, 5) is 15.5. The number of carboxylic acids is 1. The molecule has 1 aliphatic heterocycles. The molecule has 3 aromatic rings. The van der Waals surface area contributed by atoms with Gasteiger partial charge in [0, 0.05) is 17.5 Å². The van der Waals surface area contributed by atoms with Gasteiger partial charge in [0.2, 0.25) is 0 Å². The summed E-state index contributed by atoms with van der Waals surface area (Å²) in [5.74, 6) is -1.23. The monoisotopic (exact) mass is 406 g/mol. The van der Waals surface area contributed by atoms with Crippen LogP contribution in [-0.2, 0) is 16.4 Å². The van der Waals surface area contributed by atoms with Crippen LogP contribution < -0.4 is 4.31 Å². The van der Waals surface area contributed by atoms with Crippen molar-refractivity contribution in [3.8, 4) is 11.3 Å². The first-order chi connectivity index (χ1) is 12.4. The minimum Gasteiger partial charge on any atom is -0.477 e. The molecule has 4 rings (SSSR count). The summed E-state index contributed by atoms with van der Waals surface area (Å²) in [6, 6.07) is 6.95. The van der Waals surface area contributed by atoms with Crippen molar-refractivity contribution in [1.82, 2.24) is 4.98 Å². The Hall–Kier alpha value is -2.23. The molecule has 1 aliphatic rings. The Balaban J connectivity index is 1.74. The van der Waals surface area contributed by atoms with Crippen molar-refractivity contribution in [1.29, 1.82) is 0 Å². The van der Waals surface area contributed by atoms with Crippen LogP contribution in [0.4, 0.5) is 5.69 Å². The maximum atomic E-state index is 13.0. The third-order valence-corrected chi connectivity index (χ3v) is 7.90. The number of anilines is 1. The Morgan fingerprint density at radius 1 is 1.27 bits per heavy atom. The van der Waals surface area contributed by atoms with Gasteiger partial charge in [-0.1, -0.05) is 6.07 Å². The number of nitrogens with zero attached hydrogens (tertiary/aromatic N) is 2. The quantitative estimate of drug-likeness (QED) is 0.715. The molecule has 0 radical (unpaired) electrons. The molecule has 1 aromatic carbocycles. The smallest absolute Gasteiger partial charge is 0.347 e. The lowest BCUT2D eigenvalue weighted by Crippen LogP contribution is -2.29. The lowest BCUT2D eigenvalue weighted by molar-refractivity contribution is 0.0698. The van der Waals surface area contributed by atoms with E-state index in [1.165, 1.54) is 15.8 Å². The van der Waals surface area contributed by atoms with Gasteiger partial charge >= 0.3 is 5.97 Å². The summed E-state index contributed by atoms with van der Waals surface area (Å²) in [7, 11) is -3.91. The first-order valence-corrected chi connectivity index (χ1v) is 11.0. The van der Waals surface area contributed by atoms with Crippen LogP contribution >= 0.6 is 22.7 Å². The number of thiazole rings is 1. The maximum absolute atomic E-state index is 13.0. The largest absolute Gasteiger partial charge is 0.477 e. The molecule has 6 nitrogen and oxygen atoms in total. The highest BCUT2D eigenvalue weighted by Gasteiger charge is 2.34. The van der Waals surface area contributed by atoms with Crippen molar-refractivity contribution < 1.29 is 18.3 Å². The lowest BCUT2D eigenvalue weighted by Gasteiger charge is -2.19. The maximum Gasteiger partial charge on any atom is 0.347 e. The average Bonchev–Trinajstić information content (AvgIpc) is 3.33. The third kappa shape index (κ3) is 2.72. The van der Waals surface area contributed by atoms with Crippen LogP contribution in [0.25, 0.3) is 11.3 Å². The standard InChI is InChI=1S/C17H14N2O4S3/c1-10-18-13(9-25-10)11-2-3-14-12(8-11)4-6-19(14)26(22,23)15-5-7-24-16(15)17(20)21/h2-3,5,7-9H,4,6H2,1H3,(H,20,21). The number of benzene rings is 1. The number of sulfonamides is 1. The van der Waals surface area contributed by atoms with Crippen molar-refractivity contribution in [2.75, 3.05) is 10.8 Å². The molecule has 0 unspecified atom stereocenters. The summed E-state index contributed by atoms with van der Waals surface area (Å²) < 4.78 is 27.3. The van der Waals surface area contributed by atoms with Gasteiger partial charge < -0.3 is 5.11 Å². The fourth-order valence-electron chi connectivity index (χ4n) is 3.05. The summed E-state index contributed by atoms with van der Waals surface area (Å²) >= 11 is 2.48. The second-order valence-electron chi connectivity index (χ2n) is 5.84. The number of rotatable bonds is 4. The molecule has 26 heavy (non-hydrogen) atoms. The van der Waals surface area contributed by atoms with E-state index in [9.17, 15) is 18.3 Å². The van der Waals surface area contributed by atoms with Gasteiger partial charge in [0.25, 0.3) is 10.0 Å². The molecule has 3 heterocycles. The highest BCUT2D eigenvalue weighted by Crippen LogP contribution is 2.37. The molecule has 2 aromatic heterocycles.